The Hall–Kier alpha value is -1.24. The van der Waals surface area contributed by atoms with Gasteiger partial charge in [0, 0.05) is 18.5 Å². The van der Waals surface area contributed by atoms with Gasteiger partial charge >= 0.3 is 12.3 Å². The molecule has 0 heterocycles. The van der Waals surface area contributed by atoms with Gasteiger partial charge in [-0.3, -0.25) is 4.79 Å². The molecule has 106 valence electrons. The second-order valence-electron chi connectivity index (χ2n) is 3.93. The van der Waals surface area contributed by atoms with Crippen molar-refractivity contribution < 1.29 is 22.4 Å². The van der Waals surface area contributed by atoms with Crippen LogP contribution in [0.15, 0.2) is 29.2 Å². The number of alkyl halides is 4. The Balaban J connectivity index is 2.73. The van der Waals surface area contributed by atoms with Crippen molar-refractivity contribution in [3.05, 3.63) is 29.8 Å². The van der Waals surface area contributed by atoms with Crippen molar-refractivity contribution in [1.29, 1.82) is 0 Å². The zero-order chi connectivity index (χ0) is 14.6. The average molecular weight is 295 g/mol. The third-order valence-corrected chi connectivity index (χ3v) is 3.23. The Labute approximate surface area is 112 Å². The van der Waals surface area contributed by atoms with Crippen LogP contribution in [0, 0.1) is 0 Å². The molecule has 0 spiro atoms. The van der Waals surface area contributed by atoms with Gasteiger partial charge in [0.25, 0.3) is 5.91 Å². The Morgan fingerprint density at radius 2 is 1.84 bits per heavy atom. The molecule has 1 rings (SSSR count). The summed E-state index contributed by atoms with van der Waals surface area (Å²) >= 11 is 1.51. The maximum atomic E-state index is 12.9. The quantitative estimate of drug-likeness (QED) is 0.614. The van der Waals surface area contributed by atoms with Crippen LogP contribution in [0.5, 0.6) is 0 Å². The average Bonchev–Trinajstić information content (AvgIpc) is 2.38. The van der Waals surface area contributed by atoms with Crippen molar-refractivity contribution >= 4 is 17.7 Å². The number of amides is 1. The molecule has 2 nitrogen and oxygen atoms in total. The highest BCUT2D eigenvalue weighted by atomic mass is 32.2. The third kappa shape index (κ3) is 3.86. The maximum absolute atomic E-state index is 12.9. The summed E-state index contributed by atoms with van der Waals surface area (Å²) in [5.74, 6) is -6.52. The fourth-order valence-electron chi connectivity index (χ4n) is 1.42. The Kier molecular flexibility index (Phi) is 5.22. The lowest BCUT2D eigenvalue weighted by Crippen LogP contribution is -2.45. The molecule has 0 N–H and O–H groups in total. The molecule has 0 aliphatic rings. The topological polar surface area (TPSA) is 20.3 Å². The minimum absolute atomic E-state index is 0.143. The second-order valence-corrected chi connectivity index (χ2v) is 4.81. The van der Waals surface area contributed by atoms with E-state index in [1.807, 2.05) is 6.26 Å². The van der Waals surface area contributed by atoms with Crippen LogP contribution in [-0.4, -0.2) is 36.5 Å². The van der Waals surface area contributed by atoms with Crippen molar-refractivity contribution in [1.82, 2.24) is 4.90 Å². The summed E-state index contributed by atoms with van der Waals surface area (Å²) in [5.41, 5.74) is 0.596. The minimum atomic E-state index is -4.64. The molecule has 0 saturated carbocycles. The van der Waals surface area contributed by atoms with E-state index in [2.05, 4.69) is 0 Å². The third-order valence-electron chi connectivity index (χ3n) is 2.48. The highest BCUT2D eigenvalue weighted by Gasteiger charge is 2.50. The summed E-state index contributed by atoms with van der Waals surface area (Å²) in [5, 5.41) is 0. The van der Waals surface area contributed by atoms with Gasteiger partial charge in [-0.05, 0) is 24.0 Å². The molecule has 0 aliphatic heterocycles. The predicted molar refractivity (Wildman–Crippen MR) is 65.6 cm³/mol. The van der Waals surface area contributed by atoms with E-state index in [-0.39, 0.29) is 6.54 Å². The van der Waals surface area contributed by atoms with Crippen LogP contribution in [0.4, 0.5) is 17.6 Å². The predicted octanol–water partition coefficient (Wildman–Crippen LogP) is 3.27. The fourth-order valence-corrected chi connectivity index (χ4v) is 1.83. The normalized spacial score (nSPS) is 11.7. The Bertz CT molecular complexity index is 436. The molecule has 1 amide bonds. The first-order valence-electron chi connectivity index (χ1n) is 5.33. The number of thioether (sulfide) groups is 1. The van der Waals surface area contributed by atoms with Crippen molar-refractivity contribution in [3.8, 4) is 0 Å². The highest BCUT2D eigenvalue weighted by Crippen LogP contribution is 2.25. The van der Waals surface area contributed by atoms with E-state index in [1.54, 1.807) is 24.3 Å². The van der Waals surface area contributed by atoms with Gasteiger partial charge in [-0.15, -0.1) is 11.8 Å². The molecule has 0 aromatic heterocycles. The SMILES string of the molecule is CSc1ccc(CN(C)C(=O)C(F)(F)C(F)F)cc1. The van der Waals surface area contributed by atoms with Gasteiger partial charge in [-0.2, -0.15) is 8.78 Å². The first-order chi connectivity index (χ1) is 8.78. The van der Waals surface area contributed by atoms with Crippen LogP contribution in [-0.2, 0) is 11.3 Å². The van der Waals surface area contributed by atoms with Crippen LogP contribution in [0.2, 0.25) is 0 Å². The number of halogens is 4. The molecular formula is C12H13F4NOS. The number of carbonyl (C=O) groups is 1. The van der Waals surface area contributed by atoms with Crippen LogP contribution in [0.1, 0.15) is 5.56 Å². The summed E-state index contributed by atoms with van der Waals surface area (Å²) in [6.07, 6.45) is -2.12. The number of rotatable bonds is 5. The number of hydrogen-bond acceptors (Lipinski definition) is 2. The Morgan fingerprint density at radius 3 is 2.26 bits per heavy atom. The van der Waals surface area contributed by atoms with Crippen LogP contribution in [0.25, 0.3) is 0 Å². The van der Waals surface area contributed by atoms with Crippen LogP contribution < -0.4 is 0 Å². The zero-order valence-corrected chi connectivity index (χ0v) is 11.2. The molecule has 0 atom stereocenters. The molecule has 1 aromatic carbocycles. The number of carbonyl (C=O) groups excluding carboxylic acids is 1. The van der Waals surface area contributed by atoms with E-state index in [9.17, 15) is 22.4 Å². The molecule has 19 heavy (non-hydrogen) atoms. The van der Waals surface area contributed by atoms with Gasteiger partial charge in [0.2, 0.25) is 0 Å². The van der Waals surface area contributed by atoms with Gasteiger partial charge in [-0.25, -0.2) is 8.78 Å². The van der Waals surface area contributed by atoms with E-state index in [0.717, 1.165) is 11.9 Å². The number of benzene rings is 1. The molecule has 0 unspecified atom stereocenters. The first-order valence-corrected chi connectivity index (χ1v) is 6.56. The van der Waals surface area contributed by atoms with Crippen molar-refractivity contribution in [2.24, 2.45) is 0 Å². The summed E-state index contributed by atoms with van der Waals surface area (Å²) in [7, 11) is 1.07. The lowest BCUT2D eigenvalue weighted by atomic mass is 10.2. The summed E-state index contributed by atoms with van der Waals surface area (Å²) in [4.78, 5) is 12.8. The minimum Gasteiger partial charge on any atom is -0.336 e. The van der Waals surface area contributed by atoms with Crippen molar-refractivity contribution in [2.75, 3.05) is 13.3 Å². The standard InChI is InChI=1S/C12H13F4NOS/c1-17(11(18)12(15,16)10(13)14)7-8-3-5-9(19-2)6-4-8/h3-6,10H,7H2,1-2H3. The van der Waals surface area contributed by atoms with Crippen molar-refractivity contribution in [3.63, 3.8) is 0 Å². The van der Waals surface area contributed by atoms with Gasteiger partial charge in [0.15, 0.2) is 0 Å². The molecular weight excluding hydrogens is 282 g/mol. The van der Waals surface area contributed by atoms with Crippen LogP contribution >= 0.6 is 11.8 Å². The largest absolute Gasteiger partial charge is 0.383 e. The monoisotopic (exact) mass is 295 g/mol. The highest BCUT2D eigenvalue weighted by molar-refractivity contribution is 7.98. The summed E-state index contributed by atoms with van der Waals surface area (Å²) < 4.78 is 49.9. The summed E-state index contributed by atoms with van der Waals surface area (Å²) in [6, 6.07) is 6.86. The Morgan fingerprint density at radius 1 is 1.32 bits per heavy atom. The molecule has 0 radical (unpaired) electrons. The first kappa shape index (κ1) is 15.8. The fraction of sp³-hybridized carbons (Fsp3) is 0.417. The number of hydrogen-bond donors (Lipinski definition) is 0. The molecule has 0 bridgehead atoms. The molecule has 0 aliphatic carbocycles. The zero-order valence-electron chi connectivity index (χ0n) is 10.4. The second kappa shape index (κ2) is 6.27. The van der Waals surface area contributed by atoms with E-state index in [0.29, 0.717) is 10.5 Å². The van der Waals surface area contributed by atoms with E-state index >= 15 is 0 Å². The van der Waals surface area contributed by atoms with E-state index in [1.165, 1.54) is 11.8 Å². The van der Waals surface area contributed by atoms with Gasteiger partial charge in [0.1, 0.15) is 0 Å². The van der Waals surface area contributed by atoms with Gasteiger partial charge in [0.05, 0.1) is 0 Å². The molecule has 0 fully saturated rings. The van der Waals surface area contributed by atoms with E-state index in [4.69, 9.17) is 0 Å². The smallest absolute Gasteiger partial charge is 0.336 e. The van der Waals surface area contributed by atoms with Gasteiger partial charge in [-0.1, -0.05) is 12.1 Å². The van der Waals surface area contributed by atoms with E-state index < -0.39 is 18.3 Å². The number of nitrogens with zero attached hydrogens (tertiary/aromatic N) is 1. The maximum Gasteiger partial charge on any atom is 0.383 e. The molecule has 0 saturated heterocycles. The lowest BCUT2D eigenvalue weighted by Gasteiger charge is -2.22. The molecule has 1 aromatic rings. The lowest BCUT2D eigenvalue weighted by molar-refractivity contribution is -0.179. The summed E-state index contributed by atoms with van der Waals surface area (Å²) in [6.45, 7) is -0.143. The van der Waals surface area contributed by atoms with Gasteiger partial charge < -0.3 is 4.90 Å². The van der Waals surface area contributed by atoms with Crippen molar-refractivity contribution in [2.45, 2.75) is 23.8 Å². The van der Waals surface area contributed by atoms with Crippen LogP contribution in [0.3, 0.4) is 0 Å². The molecule has 7 heteroatoms.